The van der Waals surface area contributed by atoms with Crippen molar-refractivity contribution in [2.75, 3.05) is 26.2 Å². The maximum absolute atomic E-state index is 12.7. The van der Waals surface area contributed by atoms with Gasteiger partial charge in [-0.05, 0) is 24.1 Å². The number of nitrogens with one attached hydrogen (secondary N) is 1. The standard InChI is InChI=1S/C22H26N4O2/c27-21(24-15-18-8-4-5-9-23-18)19-14-20(19)22(28)26-12-10-25(11-13-26)16-17-6-2-1-3-7-17/h1-9,19-20H,10-16H2,(H,24,27). The van der Waals surface area contributed by atoms with Crippen LogP contribution in [0, 0.1) is 11.8 Å². The van der Waals surface area contributed by atoms with E-state index < -0.39 is 0 Å². The van der Waals surface area contributed by atoms with E-state index in [9.17, 15) is 9.59 Å². The first kappa shape index (κ1) is 18.6. The molecule has 2 atom stereocenters. The van der Waals surface area contributed by atoms with Crippen molar-refractivity contribution < 1.29 is 9.59 Å². The number of pyridine rings is 1. The van der Waals surface area contributed by atoms with Crippen molar-refractivity contribution >= 4 is 11.8 Å². The van der Waals surface area contributed by atoms with E-state index in [1.807, 2.05) is 29.2 Å². The molecule has 1 saturated heterocycles. The highest BCUT2D eigenvalue weighted by atomic mass is 16.2. The third kappa shape index (κ3) is 4.57. The number of hydrogen-bond acceptors (Lipinski definition) is 4. The topological polar surface area (TPSA) is 65.5 Å². The monoisotopic (exact) mass is 378 g/mol. The van der Waals surface area contributed by atoms with Crippen molar-refractivity contribution in [3.05, 3.63) is 66.0 Å². The lowest BCUT2D eigenvalue weighted by Crippen LogP contribution is -2.49. The number of rotatable bonds is 6. The van der Waals surface area contributed by atoms with Crippen LogP contribution in [0.15, 0.2) is 54.7 Å². The zero-order valence-electron chi connectivity index (χ0n) is 16.0. The van der Waals surface area contributed by atoms with Gasteiger partial charge in [0.1, 0.15) is 0 Å². The van der Waals surface area contributed by atoms with Gasteiger partial charge in [-0.2, -0.15) is 0 Å². The van der Waals surface area contributed by atoms with Crippen molar-refractivity contribution in [3.63, 3.8) is 0 Å². The molecule has 1 aromatic carbocycles. The van der Waals surface area contributed by atoms with Gasteiger partial charge in [-0.3, -0.25) is 19.5 Å². The normalized spacial score (nSPS) is 21.9. The summed E-state index contributed by atoms with van der Waals surface area (Å²) in [7, 11) is 0. The Morgan fingerprint density at radius 1 is 0.964 bits per heavy atom. The molecule has 0 spiro atoms. The number of carbonyl (C=O) groups is 2. The van der Waals surface area contributed by atoms with Gasteiger partial charge < -0.3 is 10.2 Å². The number of benzene rings is 1. The van der Waals surface area contributed by atoms with Crippen molar-refractivity contribution in [1.29, 1.82) is 0 Å². The molecule has 28 heavy (non-hydrogen) atoms. The molecule has 2 aromatic rings. The molecule has 6 heteroatoms. The fraction of sp³-hybridized carbons (Fsp3) is 0.409. The van der Waals surface area contributed by atoms with Crippen LogP contribution in [-0.4, -0.2) is 52.8 Å². The van der Waals surface area contributed by atoms with Gasteiger partial charge in [0, 0.05) is 38.9 Å². The molecular formula is C22H26N4O2. The van der Waals surface area contributed by atoms with E-state index in [1.54, 1.807) is 6.20 Å². The fourth-order valence-electron chi connectivity index (χ4n) is 3.77. The maximum atomic E-state index is 12.7. The molecule has 2 heterocycles. The van der Waals surface area contributed by atoms with E-state index in [-0.39, 0.29) is 23.7 Å². The molecule has 146 valence electrons. The number of aromatic nitrogens is 1. The lowest BCUT2D eigenvalue weighted by molar-refractivity contribution is -0.136. The average molecular weight is 378 g/mol. The van der Waals surface area contributed by atoms with Crippen LogP contribution in [0.5, 0.6) is 0 Å². The molecule has 1 aliphatic carbocycles. The Balaban J connectivity index is 1.20. The van der Waals surface area contributed by atoms with E-state index in [2.05, 4.69) is 39.5 Å². The Kier molecular flexibility index (Phi) is 5.67. The number of amides is 2. The van der Waals surface area contributed by atoms with E-state index in [4.69, 9.17) is 0 Å². The minimum absolute atomic E-state index is 0.0354. The third-order valence-corrected chi connectivity index (χ3v) is 5.55. The number of piperazine rings is 1. The van der Waals surface area contributed by atoms with Crippen molar-refractivity contribution in [2.24, 2.45) is 11.8 Å². The molecule has 2 fully saturated rings. The van der Waals surface area contributed by atoms with Gasteiger partial charge in [-0.1, -0.05) is 36.4 Å². The Morgan fingerprint density at radius 2 is 1.71 bits per heavy atom. The van der Waals surface area contributed by atoms with Crippen molar-refractivity contribution in [1.82, 2.24) is 20.1 Å². The van der Waals surface area contributed by atoms with E-state index in [1.165, 1.54) is 5.56 Å². The highest BCUT2D eigenvalue weighted by Crippen LogP contribution is 2.40. The lowest BCUT2D eigenvalue weighted by Gasteiger charge is -2.35. The summed E-state index contributed by atoms with van der Waals surface area (Å²) in [5.41, 5.74) is 2.13. The summed E-state index contributed by atoms with van der Waals surface area (Å²) in [6.45, 7) is 4.57. The Hall–Kier alpha value is -2.73. The van der Waals surface area contributed by atoms with Crippen LogP contribution in [0.1, 0.15) is 17.7 Å². The van der Waals surface area contributed by atoms with Gasteiger partial charge in [-0.15, -0.1) is 0 Å². The van der Waals surface area contributed by atoms with E-state index >= 15 is 0 Å². The Morgan fingerprint density at radius 3 is 2.43 bits per heavy atom. The lowest BCUT2D eigenvalue weighted by atomic mass is 10.2. The van der Waals surface area contributed by atoms with Crippen LogP contribution >= 0.6 is 0 Å². The predicted molar refractivity (Wildman–Crippen MR) is 106 cm³/mol. The second-order valence-corrected chi connectivity index (χ2v) is 7.57. The molecule has 1 saturated carbocycles. The highest BCUT2D eigenvalue weighted by Gasteiger charge is 2.49. The number of carbonyl (C=O) groups excluding carboxylic acids is 2. The molecule has 0 bridgehead atoms. The molecule has 0 radical (unpaired) electrons. The summed E-state index contributed by atoms with van der Waals surface area (Å²) in [4.78, 5) is 33.6. The van der Waals surface area contributed by atoms with E-state index in [0.717, 1.165) is 38.4 Å². The van der Waals surface area contributed by atoms with Crippen LogP contribution in [0.3, 0.4) is 0 Å². The van der Waals surface area contributed by atoms with Gasteiger partial charge in [0.05, 0.1) is 24.1 Å². The Bertz CT molecular complexity index is 804. The molecule has 1 aliphatic heterocycles. The zero-order chi connectivity index (χ0) is 19.3. The van der Waals surface area contributed by atoms with Gasteiger partial charge in [0.15, 0.2) is 0 Å². The molecule has 1 aromatic heterocycles. The summed E-state index contributed by atoms with van der Waals surface area (Å²) in [6.07, 6.45) is 2.37. The average Bonchev–Trinajstić information content (AvgIpc) is 3.55. The summed E-state index contributed by atoms with van der Waals surface area (Å²) in [5, 5.41) is 2.90. The first-order valence-electron chi connectivity index (χ1n) is 9.93. The maximum Gasteiger partial charge on any atom is 0.226 e. The van der Waals surface area contributed by atoms with Crippen LogP contribution in [0.4, 0.5) is 0 Å². The second kappa shape index (κ2) is 8.52. The van der Waals surface area contributed by atoms with Crippen LogP contribution in [-0.2, 0) is 22.7 Å². The molecule has 2 unspecified atom stereocenters. The largest absolute Gasteiger partial charge is 0.350 e. The fourth-order valence-corrected chi connectivity index (χ4v) is 3.77. The smallest absolute Gasteiger partial charge is 0.226 e. The minimum Gasteiger partial charge on any atom is -0.350 e. The molecular weight excluding hydrogens is 352 g/mol. The summed E-state index contributed by atoms with van der Waals surface area (Å²) in [6, 6.07) is 16.0. The third-order valence-electron chi connectivity index (χ3n) is 5.55. The van der Waals surface area contributed by atoms with Crippen LogP contribution in [0.2, 0.25) is 0 Å². The number of nitrogens with zero attached hydrogens (tertiary/aromatic N) is 3. The summed E-state index contributed by atoms with van der Waals surface area (Å²) < 4.78 is 0. The van der Waals surface area contributed by atoms with Gasteiger partial charge in [0.2, 0.25) is 11.8 Å². The minimum atomic E-state index is -0.182. The van der Waals surface area contributed by atoms with Gasteiger partial charge in [-0.25, -0.2) is 0 Å². The quantitative estimate of drug-likeness (QED) is 0.831. The molecule has 1 N–H and O–H groups in total. The van der Waals surface area contributed by atoms with Crippen molar-refractivity contribution in [2.45, 2.75) is 19.5 Å². The van der Waals surface area contributed by atoms with E-state index in [0.29, 0.717) is 13.0 Å². The molecule has 6 nitrogen and oxygen atoms in total. The van der Waals surface area contributed by atoms with Crippen LogP contribution < -0.4 is 5.32 Å². The molecule has 4 rings (SSSR count). The second-order valence-electron chi connectivity index (χ2n) is 7.57. The summed E-state index contributed by atoms with van der Waals surface area (Å²) >= 11 is 0. The Labute approximate surface area is 165 Å². The molecule has 2 amide bonds. The summed E-state index contributed by atoms with van der Waals surface area (Å²) in [5.74, 6) is -0.230. The van der Waals surface area contributed by atoms with Crippen LogP contribution in [0.25, 0.3) is 0 Å². The van der Waals surface area contributed by atoms with Gasteiger partial charge in [0.25, 0.3) is 0 Å². The highest BCUT2D eigenvalue weighted by molar-refractivity contribution is 5.92. The van der Waals surface area contributed by atoms with Crippen molar-refractivity contribution in [3.8, 4) is 0 Å². The van der Waals surface area contributed by atoms with Gasteiger partial charge >= 0.3 is 0 Å². The predicted octanol–water partition coefficient (Wildman–Crippen LogP) is 1.68. The SMILES string of the molecule is O=C(NCc1ccccn1)C1CC1C(=O)N1CCN(Cc2ccccc2)CC1. The first-order chi connectivity index (χ1) is 13.7. The number of hydrogen-bond donors (Lipinski definition) is 1. The molecule has 2 aliphatic rings. The zero-order valence-corrected chi connectivity index (χ0v) is 16.0. The first-order valence-corrected chi connectivity index (χ1v) is 9.93.